The number of pyridine rings is 1. The van der Waals surface area contributed by atoms with Crippen LogP contribution in [0.2, 0.25) is 0 Å². The molecule has 1 aliphatic rings. The van der Waals surface area contributed by atoms with Crippen molar-refractivity contribution in [2.45, 2.75) is 26.3 Å². The molecule has 1 aliphatic heterocycles. The maximum absolute atomic E-state index is 12.1. The lowest BCUT2D eigenvalue weighted by atomic mass is 9.98. The molecule has 3 aromatic rings. The molecule has 9 heteroatoms. The predicted molar refractivity (Wildman–Crippen MR) is 99.1 cm³/mol. The van der Waals surface area contributed by atoms with Gasteiger partial charge in [0.25, 0.3) is 5.91 Å². The molecule has 28 heavy (non-hydrogen) atoms. The Bertz CT molecular complexity index is 923. The van der Waals surface area contributed by atoms with Crippen molar-refractivity contribution >= 4 is 5.91 Å². The first kappa shape index (κ1) is 18.3. The predicted octanol–water partition coefficient (Wildman–Crippen LogP) is 2.07. The highest BCUT2D eigenvalue weighted by Gasteiger charge is 2.23. The van der Waals surface area contributed by atoms with E-state index >= 15 is 0 Å². The molecule has 3 aromatic heterocycles. The molecule has 0 aromatic carbocycles. The number of likely N-dealkylation sites (tertiary alicyclic amines) is 1. The SMILES string of the molecule is Cc1cc(C(=O)NC[C@@H]2CCCN(Cc3nnc(-c4cccnc4)o3)C2)no1. The summed E-state index contributed by atoms with van der Waals surface area (Å²) in [4.78, 5) is 18.5. The van der Waals surface area contributed by atoms with E-state index in [0.29, 0.717) is 42.2 Å². The lowest BCUT2D eigenvalue weighted by Crippen LogP contribution is -2.40. The van der Waals surface area contributed by atoms with Crippen molar-refractivity contribution in [3.8, 4) is 11.5 Å². The van der Waals surface area contributed by atoms with E-state index in [2.05, 4.69) is 30.6 Å². The Balaban J connectivity index is 1.29. The highest BCUT2D eigenvalue weighted by molar-refractivity contribution is 5.92. The molecule has 0 unspecified atom stereocenters. The molecule has 1 N–H and O–H groups in total. The minimum absolute atomic E-state index is 0.202. The standard InChI is InChI=1S/C19H22N6O3/c1-13-8-16(24-28-13)18(26)21-9-14-4-3-7-25(11-14)12-17-22-23-19(27-17)15-5-2-6-20-10-15/h2,5-6,8,10,14H,3-4,7,9,11-12H2,1H3,(H,21,26)/t14-/m0/s1. The Kier molecular flexibility index (Phi) is 5.43. The summed E-state index contributed by atoms with van der Waals surface area (Å²) in [5.74, 6) is 1.85. The zero-order valence-corrected chi connectivity index (χ0v) is 15.7. The van der Waals surface area contributed by atoms with Crippen molar-refractivity contribution in [2.75, 3.05) is 19.6 Å². The number of carbonyl (C=O) groups is 1. The van der Waals surface area contributed by atoms with Crippen LogP contribution >= 0.6 is 0 Å². The normalized spacial score (nSPS) is 17.5. The zero-order chi connectivity index (χ0) is 19.3. The van der Waals surface area contributed by atoms with Gasteiger partial charge >= 0.3 is 0 Å². The molecule has 4 rings (SSSR count). The molecule has 146 valence electrons. The number of rotatable bonds is 6. The monoisotopic (exact) mass is 382 g/mol. The molecule has 1 amide bonds. The fraction of sp³-hybridized carbons (Fsp3) is 0.421. The van der Waals surface area contributed by atoms with E-state index < -0.39 is 0 Å². The van der Waals surface area contributed by atoms with E-state index in [-0.39, 0.29) is 5.91 Å². The molecular weight excluding hydrogens is 360 g/mol. The van der Waals surface area contributed by atoms with Gasteiger partial charge in [-0.25, -0.2) is 0 Å². The first-order chi connectivity index (χ1) is 13.7. The molecule has 1 saturated heterocycles. The largest absolute Gasteiger partial charge is 0.419 e. The van der Waals surface area contributed by atoms with Crippen LogP contribution < -0.4 is 5.32 Å². The topological polar surface area (TPSA) is 110 Å². The molecule has 4 heterocycles. The van der Waals surface area contributed by atoms with Crippen LogP contribution in [0.4, 0.5) is 0 Å². The second-order valence-corrected chi connectivity index (χ2v) is 7.02. The van der Waals surface area contributed by atoms with Gasteiger partial charge in [-0.1, -0.05) is 5.16 Å². The number of aryl methyl sites for hydroxylation is 1. The third-order valence-electron chi connectivity index (χ3n) is 4.75. The molecule has 1 atom stereocenters. The Morgan fingerprint density at radius 1 is 1.39 bits per heavy atom. The van der Waals surface area contributed by atoms with Gasteiger partial charge < -0.3 is 14.3 Å². The van der Waals surface area contributed by atoms with Crippen LogP contribution in [0.25, 0.3) is 11.5 Å². The quantitative estimate of drug-likeness (QED) is 0.690. The van der Waals surface area contributed by atoms with Gasteiger partial charge in [0.1, 0.15) is 5.76 Å². The molecule has 0 radical (unpaired) electrons. The van der Waals surface area contributed by atoms with Gasteiger partial charge in [-0.05, 0) is 44.4 Å². The number of nitrogens with one attached hydrogen (secondary N) is 1. The van der Waals surface area contributed by atoms with Crippen molar-refractivity contribution in [1.29, 1.82) is 0 Å². The molecule has 9 nitrogen and oxygen atoms in total. The van der Waals surface area contributed by atoms with Gasteiger partial charge in [0, 0.05) is 31.5 Å². The molecule has 0 saturated carbocycles. The lowest BCUT2D eigenvalue weighted by Gasteiger charge is -2.31. The summed E-state index contributed by atoms with van der Waals surface area (Å²) in [6.45, 7) is 4.80. The Labute approximate surface area is 162 Å². The first-order valence-corrected chi connectivity index (χ1v) is 9.34. The van der Waals surface area contributed by atoms with E-state index in [9.17, 15) is 4.79 Å². The highest BCUT2D eigenvalue weighted by atomic mass is 16.5. The van der Waals surface area contributed by atoms with Crippen LogP contribution in [0.5, 0.6) is 0 Å². The van der Waals surface area contributed by atoms with E-state index in [1.807, 2.05) is 12.1 Å². The first-order valence-electron chi connectivity index (χ1n) is 9.34. The summed E-state index contributed by atoms with van der Waals surface area (Å²) in [6.07, 6.45) is 5.54. The maximum atomic E-state index is 12.1. The average Bonchev–Trinajstić information content (AvgIpc) is 3.36. The van der Waals surface area contributed by atoms with E-state index in [4.69, 9.17) is 8.94 Å². The van der Waals surface area contributed by atoms with E-state index in [1.165, 1.54) is 0 Å². The molecular formula is C19H22N6O3. The Morgan fingerprint density at radius 2 is 2.32 bits per heavy atom. The summed E-state index contributed by atoms with van der Waals surface area (Å²) in [6, 6.07) is 5.36. The van der Waals surface area contributed by atoms with Crippen molar-refractivity contribution in [2.24, 2.45) is 5.92 Å². The van der Waals surface area contributed by atoms with Crippen LogP contribution in [0.15, 0.2) is 39.5 Å². The van der Waals surface area contributed by atoms with Gasteiger partial charge in [-0.2, -0.15) is 0 Å². The number of hydrogen-bond acceptors (Lipinski definition) is 8. The number of carbonyl (C=O) groups excluding carboxylic acids is 1. The number of nitrogens with zero attached hydrogens (tertiary/aromatic N) is 5. The Hall–Kier alpha value is -3.07. The number of amides is 1. The van der Waals surface area contributed by atoms with Crippen LogP contribution in [0, 0.1) is 12.8 Å². The van der Waals surface area contributed by atoms with Crippen LogP contribution in [0.1, 0.15) is 35.0 Å². The minimum Gasteiger partial charge on any atom is -0.419 e. The fourth-order valence-electron chi connectivity index (χ4n) is 3.38. The summed E-state index contributed by atoms with van der Waals surface area (Å²) in [5, 5.41) is 15.0. The highest BCUT2D eigenvalue weighted by Crippen LogP contribution is 2.20. The third-order valence-corrected chi connectivity index (χ3v) is 4.75. The van der Waals surface area contributed by atoms with E-state index in [0.717, 1.165) is 31.5 Å². The number of hydrogen-bond donors (Lipinski definition) is 1. The summed E-state index contributed by atoms with van der Waals surface area (Å²) < 4.78 is 10.7. The van der Waals surface area contributed by atoms with Gasteiger partial charge in [0.15, 0.2) is 5.69 Å². The smallest absolute Gasteiger partial charge is 0.273 e. The lowest BCUT2D eigenvalue weighted by molar-refractivity contribution is 0.0918. The van der Waals surface area contributed by atoms with Crippen LogP contribution in [-0.2, 0) is 6.54 Å². The third kappa shape index (κ3) is 4.42. The molecule has 0 aliphatic carbocycles. The molecule has 1 fully saturated rings. The molecule has 0 bridgehead atoms. The van der Waals surface area contributed by atoms with Crippen molar-refractivity contribution in [3.63, 3.8) is 0 Å². The van der Waals surface area contributed by atoms with Gasteiger partial charge in [0.05, 0.1) is 12.1 Å². The van der Waals surface area contributed by atoms with Crippen LogP contribution in [-0.4, -0.2) is 50.8 Å². The van der Waals surface area contributed by atoms with Crippen molar-refractivity contribution in [1.82, 2.24) is 30.6 Å². The molecule has 0 spiro atoms. The fourth-order valence-corrected chi connectivity index (χ4v) is 3.38. The zero-order valence-electron chi connectivity index (χ0n) is 15.7. The van der Waals surface area contributed by atoms with Gasteiger partial charge in [-0.15, -0.1) is 10.2 Å². The van der Waals surface area contributed by atoms with Gasteiger partial charge in [0.2, 0.25) is 11.8 Å². The van der Waals surface area contributed by atoms with Gasteiger partial charge in [-0.3, -0.25) is 14.7 Å². The minimum atomic E-state index is -0.202. The van der Waals surface area contributed by atoms with E-state index in [1.54, 1.807) is 25.4 Å². The maximum Gasteiger partial charge on any atom is 0.273 e. The van der Waals surface area contributed by atoms with Crippen LogP contribution in [0.3, 0.4) is 0 Å². The van der Waals surface area contributed by atoms with Crippen molar-refractivity contribution < 1.29 is 13.7 Å². The summed E-state index contributed by atoms with van der Waals surface area (Å²) in [5.41, 5.74) is 1.13. The Morgan fingerprint density at radius 3 is 3.11 bits per heavy atom. The second-order valence-electron chi connectivity index (χ2n) is 7.02. The summed E-state index contributed by atoms with van der Waals surface area (Å²) >= 11 is 0. The average molecular weight is 382 g/mol. The number of aromatic nitrogens is 4. The van der Waals surface area contributed by atoms with Crippen molar-refractivity contribution in [3.05, 3.63) is 47.9 Å². The number of piperidine rings is 1. The second kappa shape index (κ2) is 8.30. The summed E-state index contributed by atoms with van der Waals surface area (Å²) in [7, 11) is 0.